The van der Waals surface area contributed by atoms with Crippen molar-refractivity contribution in [3.05, 3.63) is 29.6 Å². The SMILES string of the molecule is ClCc1cccc(C[N+]23CC4CN(CN(C4)C2)C3)n1.[Cl-]. The van der Waals surface area contributed by atoms with Gasteiger partial charge in [0.05, 0.1) is 30.5 Å². The number of nitrogens with zero attached hydrogens (tertiary/aromatic N) is 4. The third-order valence-corrected chi connectivity index (χ3v) is 4.85. The summed E-state index contributed by atoms with van der Waals surface area (Å²) in [5.74, 6) is 1.36. The van der Waals surface area contributed by atoms with E-state index in [1.54, 1.807) is 0 Å². The molecule has 2 unspecified atom stereocenters. The maximum absolute atomic E-state index is 5.89. The molecule has 0 saturated carbocycles. The fourth-order valence-electron chi connectivity index (χ4n) is 4.26. The van der Waals surface area contributed by atoms with Gasteiger partial charge in [-0.15, -0.1) is 11.6 Å². The van der Waals surface area contributed by atoms with Crippen LogP contribution in [0, 0.1) is 5.92 Å². The first-order chi connectivity index (χ1) is 9.25. The quantitative estimate of drug-likeness (QED) is 0.488. The minimum atomic E-state index is 0. The van der Waals surface area contributed by atoms with Gasteiger partial charge < -0.3 is 12.4 Å². The zero-order valence-electron chi connectivity index (χ0n) is 11.5. The van der Waals surface area contributed by atoms with Crippen molar-refractivity contribution in [3.63, 3.8) is 0 Å². The third kappa shape index (κ3) is 2.55. The Morgan fingerprint density at radius 1 is 1.20 bits per heavy atom. The highest BCUT2D eigenvalue weighted by Crippen LogP contribution is 2.33. The van der Waals surface area contributed by atoms with Gasteiger partial charge in [-0.05, 0) is 12.1 Å². The molecule has 1 aromatic rings. The summed E-state index contributed by atoms with van der Waals surface area (Å²) in [6.07, 6.45) is 0. The van der Waals surface area contributed by atoms with Gasteiger partial charge in [0.15, 0.2) is 0 Å². The molecular formula is C14H20Cl2N4. The monoisotopic (exact) mass is 314 g/mol. The zero-order chi connectivity index (χ0) is 12.9. The summed E-state index contributed by atoms with van der Waals surface area (Å²) in [6, 6.07) is 6.25. The largest absolute Gasteiger partial charge is 1.00 e. The van der Waals surface area contributed by atoms with Crippen LogP contribution in [0.15, 0.2) is 18.2 Å². The molecule has 0 aliphatic carbocycles. The van der Waals surface area contributed by atoms with E-state index in [1.807, 2.05) is 6.07 Å². The van der Waals surface area contributed by atoms with E-state index in [4.69, 9.17) is 11.6 Å². The molecule has 4 saturated heterocycles. The van der Waals surface area contributed by atoms with Gasteiger partial charge in [-0.25, -0.2) is 9.80 Å². The number of rotatable bonds is 3. The van der Waals surface area contributed by atoms with E-state index in [1.165, 1.54) is 49.8 Å². The molecule has 4 aliphatic rings. The van der Waals surface area contributed by atoms with E-state index >= 15 is 0 Å². The lowest BCUT2D eigenvalue weighted by Crippen LogP contribution is -3.00. The number of hydrogen-bond donors (Lipinski definition) is 0. The summed E-state index contributed by atoms with van der Waals surface area (Å²) >= 11 is 5.89. The summed E-state index contributed by atoms with van der Waals surface area (Å²) < 4.78 is 1.17. The Balaban J connectivity index is 0.00000121. The Morgan fingerprint density at radius 3 is 2.55 bits per heavy atom. The van der Waals surface area contributed by atoms with Crippen LogP contribution in [0.4, 0.5) is 0 Å². The Bertz CT molecular complexity index is 459. The lowest BCUT2D eigenvalue weighted by atomic mass is 9.98. The van der Waals surface area contributed by atoms with Gasteiger partial charge in [-0.1, -0.05) is 6.07 Å². The first kappa shape index (κ1) is 14.5. The molecule has 0 spiro atoms. The summed E-state index contributed by atoms with van der Waals surface area (Å²) in [6.45, 7) is 8.52. The van der Waals surface area contributed by atoms with Gasteiger partial charge in [0.1, 0.15) is 19.9 Å². The first-order valence-electron chi connectivity index (χ1n) is 7.05. The average molecular weight is 315 g/mol. The van der Waals surface area contributed by atoms with Crippen LogP contribution < -0.4 is 12.4 Å². The van der Waals surface area contributed by atoms with Gasteiger partial charge in [0, 0.05) is 19.0 Å². The molecule has 20 heavy (non-hydrogen) atoms. The minimum absolute atomic E-state index is 0. The Hall–Kier alpha value is -0.390. The van der Waals surface area contributed by atoms with Crippen molar-refractivity contribution >= 4 is 11.6 Å². The van der Waals surface area contributed by atoms with Crippen LogP contribution in [0.2, 0.25) is 0 Å². The van der Waals surface area contributed by atoms with E-state index in [9.17, 15) is 0 Å². The normalized spacial score (nSPS) is 37.8. The predicted octanol–water partition coefficient (Wildman–Crippen LogP) is -1.73. The van der Waals surface area contributed by atoms with Crippen molar-refractivity contribution < 1.29 is 16.9 Å². The third-order valence-electron chi connectivity index (χ3n) is 4.58. The topological polar surface area (TPSA) is 19.4 Å². The van der Waals surface area contributed by atoms with E-state index < -0.39 is 0 Å². The standard InChI is InChI=1S/C14H20ClN4.ClH/c15-4-13-2-1-3-14(16-13)8-19-7-12-5-17(10-19)9-18(6-12)11-19;/h1-3,12H,4-11H2;1H/q+1;/p-1. The highest BCUT2D eigenvalue weighted by molar-refractivity contribution is 6.16. The molecule has 110 valence electrons. The number of halogens is 2. The molecule has 2 atom stereocenters. The maximum atomic E-state index is 5.89. The van der Waals surface area contributed by atoms with E-state index in [-0.39, 0.29) is 12.4 Å². The molecule has 6 heteroatoms. The summed E-state index contributed by atoms with van der Waals surface area (Å²) in [5, 5.41) is 0. The van der Waals surface area contributed by atoms with E-state index in [2.05, 4.69) is 26.9 Å². The summed E-state index contributed by atoms with van der Waals surface area (Å²) in [4.78, 5) is 9.89. The number of hydrogen-bond acceptors (Lipinski definition) is 3. The fourth-order valence-corrected chi connectivity index (χ4v) is 4.41. The Morgan fingerprint density at radius 2 is 1.90 bits per heavy atom. The molecular weight excluding hydrogens is 295 g/mol. The molecule has 5 rings (SSSR count). The van der Waals surface area contributed by atoms with Gasteiger partial charge in [-0.3, -0.25) is 9.47 Å². The second-order valence-electron chi connectivity index (χ2n) is 6.43. The number of pyridine rings is 1. The molecule has 0 aromatic carbocycles. The highest BCUT2D eigenvalue weighted by Gasteiger charge is 2.49. The molecule has 5 heterocycles. The summed E-state index contributed by atoms with van der Waals surface area (Å²) in [5.41, 5.74) is 2.19. The van der Waals surface area contributed by atoms with Crippen molar-refractivity contribution in [2.45, 2.75) is 12.4 Å². The zero-order valence-corrected chi connectivity index (χ0v) is 13.0. The molecule has 0 radical (unpaired) electrons. The predicted molar refractivity (Wildman–Crippen MR) is 74.1 cm³/mol. The number of aromatic nitrogens is 1. The van der Waals surface area contributed by atoms with Crippen molar-refractivity contribution in [1.29, 1.82) is 0 Å². The van der Waals surface area contributed by atoms with Crippen LogP contribution in [0.5, 0.6) is 0 Å². The van der Waals surface area contributed by atoms with Crippen LogP contribution in [0.3, 0.4) is 0 Å². The van der Waals surface area contributed by atoms with Crippen LogP contribution in [0.25, 0.3) is 0 Å². The second kappa shape index (κ2) is 5.43. The smallest absolute Gasteiger partial charge is 0.137 e. The average Bonchev–Trinajstić information content (AvgIpc) is 2.36. The fraction of sp³-hybridized carbons (Fsp3) is 0.643. The number of alkyl halides is 1. The van der Waals surface area contributed by atoms with Crippen molar-refractivity contribution in [2.24, 2.45) is 5.92 Å². The molecule has 0 N–H and O–H groups in total. The van der Waals surface area contributed by atoms with Crippen molar-refractivity contribution in [2.75, 3.05) is 39.6 Å². The van der Waals surface area contributed by atoms with Crippen LogP contribution in [-0.4, -0.2) is 58.9 Å². The van der Waals surface area contributed by atoms with Gasteiger partial charge >= 0.3 is 0 Å². The molecule has 4 aliphatic heterocycles. The lowest BCUT2D eigenvalue weighted by Gasteiger charge is -2.59. The van der Waals surface area contributed by atoms with E-state index in [0.717, 1.165) is 18.2 Å². The minimum Gasteiger partial charge on any atom is -1.00 e. The Labute approximate surface area is 131 Å². The van der Waals surface area contributed by atoms with Crippen LogP contribution in [-0.2, 0) is 12.4 Å². The second-order valence-corrected chi connectivity index (χ2v) is 6.70. The van der Waals surface area contributed by atoms with Crippen molar-refractivity contribution in [1.82, 2.24) is 14.8 Å². The molecule has 4 nitrogen and oxygen atoms in total. The lowest BCUT2D eigenvalue weighted by molar-refractivity contribution is -0.982. The van der Waals surface area contributed by atoms with Crippen LogP contribution in [0.1, 0.15) is 11.4 Å². The number of quaternary nitrogens is 1. The van der Waals surface area contributed by atoms with Crippen molar-refractivity contribution in [3.8, 4) is 0 Å². The molecule has 0 amide bonds. The van der Waals surface area contributed by atoms with Gasteiger partial charge in [0.25, 0.3) is 0 Å². The maximum Gasteiger partial charge on any atom is 0.137 e. The van der Waals surface area contributed by atoms with Gasteiger partial charge in [0.2, 0.25) is 0 Å². The Kier molecular flexibility index (Phi) is 3.95. The van der Waals surface area contributed by atoms with Crippen LogP contribution >= 0.6 is 11.6 Å². The van der Waals surface area contributed by atoms with Gasteiger partial charge in [-0.2, -0.15) is 0 Å². The first-order valence-corrected chi connectivity index (χ1v) is 7.59. The highest BCUT2D eigenvalue weighted by atomic mass is 35.5. The molecule has 4 bridgehead atoms. The van der Waals surface area contributed by atoms with E-state index in [0.29, 0.717) is 5.88 Å². The molecule has 4 fully saturated rings. The molecule has 1 aromatic heterocycles. The summed E-state index contributed by atoms with van der Waals surface area (Å²) in [7, 11) is 0.